The molecule has 0 bridgehead atoms. The number of methoxy groups -OCH3 is 2. The summed E-state index contributed by atoms with van der Waals surface area (Å²) in [6.45, 7) is 9.24. The first kappa shape index (κ1) is 32.4. The molecule has 9 unspecified atom stereocenters. The fourth-order valence-corrected chi connectivity index (χ4v) is 6.23. The van der Waals surface area contributed by atoms with Crippen LogP contribution in [0.2, 0.25) is 0 Å². The van der Waals surface area contributed by atoms with E-state index in [1.165, 1.54) is 7.11 Å². The van der Waals surface area contributed by atoms with Gasteiger partial charge in [0.1, 0.15) is 17.6 Å². The van der Waals surface area contributed by atoms with E-state index < -0.39 is 48.1 Å². The molecule has 0 N–H and O–H groups in total. The van der Waals surface area contributed by atoms with Gasteiger partial charge in [0.25, 0.3) is 0 Å². The molecule has 0 radical (unpaired) electrons. The van der Waals surface area contributed by atoms with E-state index >= 15 is 0 Å². The minimum Gasteiger partial charge on any atom is -0.454 e. The third-order valence-electron chi connectivity index (χ3n) is 7.42. The highest BCUT2D eigenvalue weighted by atomic mass is 32.2. The van der Waals surface area contributed by atoms with Crippen molar-refractivity contribution in [1.29, 1.82) is 0 Å². The van der Waals surface area contributed by atoms with Gasteiger partial charge in [-0.15, -0.1) is 0 Å². The van der Waals surface area contributed by atoms with E-state index in [9.17, 15) is 9.59 Å². The first-order valence-corrected chi connectivity index (χ1v) is 15.1. The maximum absolute atomic E-state index is 13.1. The molecule has 10 heteroatoms. The van der Waals surface area contributed by atoms with Crippen molar-refractivity contribution in [3.05, 3.63) is 66.2 Å². The molecule has 2 aliphatic heterocycles. The summed E-state index contributed by atoms with van der Waals surface area (Å²) in [6, 6.07) is 18.7. The van der Waals surface area contributed by atoms with Crippen molar-refractivity contribution in [3.63, 3.8) is 0 Å². The van der Waals surface area contributed by atoms with Crippen molar-refractivity contribution in [2.75, 3.05) is 20.8 Å². The summed E-state index contributed by atoms with van der Waals surface area (Å²) in [4.78, 5) is 27.1. The zero-order chi connectivity index (χ0) is 30.4. The summed E-state index contributed by atoms with van der Waals surface area (Å²) in [5.74, 6) is -1.04. The Morgan fingerprint density at radius 2 is 1.45 bits per heavy atom. The highest BCUT2D eigenvalue weighted by molar-refractivity contribution is 7.99. The topological polar surface area (TPSA) is 98.8 Å². The number of esters is 2. The van der Waals surface area contributed by atoms with Crippen LogP contribution in [0.25, 0.3) is 0 Å². The number of rotatable bonds is 9. The lowest BCUT2D eigenvalue weighted by Gasteiger charge is -2.47. The number of ether oxygens (including phenoxy) is 7. The van der Waals surface area contributed by atoms with Crippen LogP contribution >= 0.6 is 11.8 Å². The van der Waals surface area contributed by atoms with Gasteiger partial charge >= 0.3 is 11.9 Å². The third kappa shape index (κ3) is 7.72. The fourth-order valence-electron chi connectivity index (χ4n) is 5.05. The number of thioether (sulfide) groups is 1. The Labute approximate surface area is 252 Å². The van der Waals surface area contributed by atoms with Crippen molar-refractivity contribution in [2.24, 2.45) is 11.3 Å². The summed E-state index contributed by atoms with van der Waals surface area (Å²) >= 11 is 1.64. The predicted octanol–water partition coefficient (Wildman–Crippen LogP) is 5.11. The maximum atomic E-state index is 13.1. The van der Waals surface area contributed by atoms with Crippen LogP contribution in [0.4, 0.5) is 0 Å². The van der Waals surface area contributed by atoms with Gasteiger partial charge in [-0.2, -0.15) is 0 Å². The zero-order valence-corrected chi connectivity index (χ0v) is 26.1. The molecule has 0 aromatic heterocycles. The molecule has 9 nitrogen and oxygen atoms in total. The third-order valence-corrected chi connectivity index (χ3v) is 8.74. The van der Waals surface area contributed by atoms with Crippen molar-refractivity contribution < 1.29 is 42.7 Å². The number of hydrogen-bond donors (Lipinski definition) is 0. The highest BCUT2D eigenvalue weighted by Crippen LogP contribution is 2.40. The second-order valence-corrected chi connectivity index (χ2v) is 12.8. The van der Waals surface area contributed by atoms with Gasteiger partial charge in [-0.05, 0) is 52.0 Å². The first-order valence-electron chi connectivity index (χ1n) is 14.2. The second kappa shape index (κ2) is 14.3. The average Bonchev–Trinajstić information content (AvgIpc) is 2.97. The molecule has 2 saturated heterocycles. The molecule has 2 aliphatic rings. The van der Waals surface area contributed by atoms with Gasteiger partial charge in [-0.3, -0.25) is 4.79 Å². The molecule has 0 aliphatic carbocycles. The maximum Gasteiger partial charge on any atom is 0.338 e. The van der Waals surface area contributed by atoms with E-state index in [1.54, 1.807) is 63.9 Å². The van der Waals surface area contributed by atoms with Crippen LogP contribution in [0.15, 0.2) is 65.6 Å². The van der Waals surface area contributed by atoms with Crippen molar-refractivity contribution >= 4 is 23.7 Å². The van der Waals surface area contributed by atoms with Crippen LogP contribution in [-0.4, -0.2) is 81.1 Å². The van der Waals surface area contributed by atoms with Crippen LogP contribution in [-0.2, 0) is 38.0 Å². The molecule has 230 valence electrons. The van der Waals surface area contributed by atoms with E-state index in [4.69, 9.17) is 33.2 Å². The number of carbonyl (C=O) groups excluding carboxylic acids is 2. The van der Waals surface area contributed by atoms with Crippen LogP contribution in [0.3, 0.4) is 0 Å². The summed E-state index contributed by atoms with van der Waals surface area (Å²) < 4.78 is 42.6. The molecular formula is C32H42O9S. The van der Waals surface area contributed by atoms with Gasteiger partial charge in [0.15, 0.2) is 18.5 Å². The Morgan fingerprint density at radius 3 is 2.05 bits per heavy atom. The molecular weight excluding hydrogens is 560 g/mol. The van der Waals surface area contributed by atoms with Gasteiger partial charge in [0, 0.05) is 25.0 Å². The Kier molecular flexibility index (Phi) is 11.1. The molecule has 0 amide bonds. The molecule has 2 aromatic rings. The average molecular weight is 603 g/mol. The Balaban J connectivity index is 1.54. The lowest BCUT2D eigenvalue weighted by atomic mass is 9.93. The van der Waals surface area contributed by atoms with Crippen molar-refractivity contribution in [2.45, 2.75) is 87.9 Å². The minimum absolute atomic E-state index is 0.0209. The van der Waals surface area contributed by atoms with Gasteiger partial charge in [0.05, 0.1) is 29.8 Å². The molecule has 2 fully saturated rings. The van der Waals surface area contributed by atoms with Crippen LogP contribution in [0.5, 0.6) is 0 Å². The van der Waals surface area contributed by atoms with E-state index in [1.807, 2.05) is 43.3 Å². The summed E-state index contributed by atoms with van der Waals surface area (Å²) in [6.07, 6.45) is -4.99. The minimum atomic E-state index is -1.03. The van der Waals surface area contributed by atoms with E-state index in [0.717, 1.165) is 4.90 Å². The fraction of sp³-hybridized carbons (Fsp3) is 0.562. The first-order chi connectivity index (χ1) is 20.0. The summed E-state index contributed by atoms with van der Waals surface area (Å²) in [7, 11) is 3.13. The Morgan fingerprint density at radius 1 is 0.833 bits per heavy atom. The normalized spacial score (nSPS) is 31.7. The standard InChI is InChI=1S/C32H42O9S/c1-19-24(35-6)25(20(2)38-30(19)42-22-16-12-9-13-17-22)40-29-27(41-31(34)32(3,4)5)26(36-7)23(18-37-29)39-28(33)21-14-10-8-11-15-21/h8-17,19-20,23-27,29-30H,18H2,1-7H3. The number of carbonyl (C=O) groups is 2. The van der Waals surface area contributed by atoms with Crippen molar-refractivity contribution in [1.82, 2.24) is 0 Å². The largest absolute Gasteiger partial charge is 0.454 e. The molecule has 0 saturated carbocycles. The van der Waals surface area contributed by atoms with E-state index in [-0.39, 0.29) is 30.2 Å². The van der Waals surface area contributed by atoms with E-state index in [2.05, 4.69) is 6.92 Å². The van der Waals surface area contributed by atoms with Gasteiger partial charge in [0.2, 0.25) is 0 Å². The van der Waals surface area contributed by atoms with Gasteiger partial charge in [-0.25, -0.2) is 4.79 Å². The molecule has 9 atom stereocenters. The number of hydrogen-bond acceptors (Lipinski definition) is 10. The SMILES string of the molecule is COC1C(OC(=O)c2ccccc2)COC(OC2C(C)OC(Sc3ccccc3)C(C)C2OC)C1OC(=O)C(C)(C)C. The quantitative estimate of drug-likeness (QED) is 0.360. The number of benzene rings is 2. The van der Waals surface area contributed by atoms with Crippen LogP contribution in [0.1, 0.15) is 45.0 Å². The monoisotopic (exact) mass is 602 g/mol. The van der Waals surface area contributed by atoms with Crippen LogP contribution in [0, 0.1) is 11.3 Å². The Hall–Kier alpha value is -2.47. The summed E-state index contributed by atoms with van der Waals surface area (Å²) in [5, 5.41) is 0. The highest BCUT2D eigenvalue weighted by Gasteiger charge is 2.51. The molecule has 0 spiro atoms. The lowest BCUT2D eigenvalue weighted by Crippen LogP contribution is -2.61. The molecule has 2 aromatic carbocycles. The van der Waals surface area contributed by atoms with Crippen molar-refractivity contribution in [3.8, 4) is 0 Å². The molecule has 4 rings (SSSR count). The lowest BCUT2D eigenvalue weighted by molar-refractivity contribution is -0.318. The smallest absolute Gasteiger partial charge is 0.338 e. The molecule has 2 heterocycles. The van der Waals surface area contributed by atoms with Gasteiger partial charge < -0.3 is 33.2 Å². The van der Waals surface area contributed by atoms with E-state index in [0.29, 0.717) is 5.56 Å². The molecule has 42 heavy (non-hydrogen) atoms. The summed E-state index contributed by atoms with van der Waals surface area (Å²) in [5.41, 5.74) is -0.576. The second-order valence-electron chi connectivity index (χ2n) is 11.6. The Bertz CT molecular complexity index is 1160. The van der Waals surface area contributed by atoms with Gasteiger partial charge in [-0.1, -0.05) is 55.1 Å². The zero-order valence-electron chi connectivity index (χ0n) is 25.3. The van der Waals surface area contributed by atoms with Crippen LogP contribution < -0.4 is 0 Å². The predicted molar refractivity (Wildman–Crippen MR) is 157 cm³/mol.